The molecule has 0 saturated carbocycles. The average molecular weight is 309 g/mol. The summed E-state index contributed by atoms with van der Waals surface area (Å²) < 4.78 is 1.82. The fraction of sp³-hybridized carbons (Fsp3) is 0.125. The minimum absolute atomic E-state index is 0.816. The van der Waals surface area contributed by atoms with Gasteiger partial charge in [0.15, 0.2) is 11.0 Å². The molecule has 0 atom stereocenters. The molecule has 2 aromatic heterocycles. The summed E-state index contributed by atoms with van der Waals surface area (Å²) in [6.07, 6.45) is 8.25. The third-order valence-electron chi connectivity index (χ3n) is 3.47. The zero-order valence-electron chi connectivity index (χ0n) is 12.1. The van der Waals surface area contributed by atoms with Crippen LogP contribution >= 0.6 is 11.8 Å². The second kappa shape index (κ2) is 5.38. The van der Waals surface area contributed by atoms with E-state index in [1.165, 1.54) is 0 Å². The van der Waals surface area contributed by atoms with Crippen LogP contribution < -0.4 is 4.90 Å². The van der Waals surface area contributed by atoms with E-state index in [1.807, 2.05) is 48.3 Å². The first kappa shape index (κ1) is 13.2. The number of allylic oxidation sites excluding steroid dienone is 2. The van der Waals surface area contributed by atoms with Crippen molar-refractivity contribution < 1.29 is 0 Å². The summed E-state index contributed by atoms with van der Waals surface area (Å²) in [5.74, 6) is 0.946. The Labute approximate surface area is 132 Å². The first-order chi connectivity index (χ1) is 10.8. The van der Waals surface area contributed by atoms with Crippen LogP contribution in [-0.2, 0) is 7.05 Å². The highest BCUT2D eigenvalue weighted by Gasteiger charge is 2.17. The highest BCUT2D eigenvalue weighted by molar-refractivity contribution is 8.03. The fourth-order valence-electron chi connectivity index (χ4n) is 2.42. The van der Waals surface area contributed by atoms with Gasteiger partial charge < -0.3 is 9.88 Å². The summed E-state index contributed by atoms with van der Waals surface area (Å²) in [6, 6.07) is 10.1. The fourth-order valence-corrected chi connectivity index (χ4v) is 3.34. The van der Waals surface area contributed by atoms with Crippen LogP contribution in [0.1, 0.15) is 0 Å². The summed E-state index contributed by atoms with van der Waals surface area (Å²) in [4.78, 5) is 10.2. The van der Waals surface area contributed by atoms with Crippen molar-refractivity contribution in [3.05, 3.63) is 59.8 Å². The molecule has 6 heteroatoms. The number of fused-ring (bicyclic) bond motifs is 1. The molecule has 22 heavy (non-hydrogen) atoms. The number of imidazole rings is 1. The molecule has 0 radical (unpaired) electrons. The Balaban J connectivity index is 1.64. The number of aryl methyl sites for hydroxylation is 1. The molecule has 1 aliphatic heterocycles. The Kier molecular flexibility index (Phi) is 3.23. The molecule has 110 valence electrons. The van der Waals surface area contributed by atoms with Gasteiger partial charge in [-0.3, -0.25) is 4.68 Å². The lowest BCUT2D eigenvalue weighted by Crippen LogP contribution is -2.23. The van der Waals surface area contributed by atoms with Crippen molar-refractivity contribution in [2.75, 3.05) is 11.4 Å². The standard InChI is InChI=1S/C16H15N5S/c1-20-11-9-14(19-20)21-10-5-4-8-15(21)22-16-17-12-6-2-3-7-13(12)18-16/h2-9,11H,10H2,1H3,(H,17,18). The summed E-state index contributed by atoms with van der Waals surface area (Å²) in [7, 11) is 1.93. The van der Waals surface area contributed by atoms with Gasteiger partial charge in [-0.15, -0.1) is 0 Å². The first-order valence-electron chi connectivity index (χ1n) is 7.06. The number of nitrogens with zero attached hydrogens (tertiary/aromatic N) is 4. The van der Waals surface area contributed by atoms with Crippen molar-refractivity contribution in [2.24, 2.45) is 7.05 Å². The molecule has 0 amide bonds. The minimum Gasteiger partial charge on any atom is -0.333 e. The van der Waals surface area contributed by atoms with Gasteiger partial charge in [0.2, 0.25) is 0 Å². The highest BCUT2D eigenvalue weighted by atomic mass is 32.2. The number of rotatable bonds is 3. The van der Waals surface area contributed by atoms with Crippen molar-refractivity contribution in [1.82, 2.24) is 19.7 Å². The van der Waals surface area contributed by atoms with Gasteiger partial charge in [0.25, 0.3) is 0 Å². The van der Waals surface area contributed by atoms with Gasteiger partial charge >= 0.3 is 0 Å². The predicted molar refractivity (Wildman–Crippen MR) is 89.7 cm³/mol. The topological polar surface area (TPSA) is 49.7 Å². The van der Waals surface area contributed by atoms with Gasteiger partial charge in [0, 0.05) is 25.9 Å². The average Bonchev–Trinajstić information content (AvgIpc) is 3.13. The van der Waals surface area contributed by atoms with E-state index in [9.17, 15) is 0 Å². The van der Waals surface area contributed by atoms with Crippen LogP contribution in [0.5, 0.6) is 0 Å². The lowest BCUT2D eigenvalue weighted by molar-refractivity contribution is 0.761. The molecule has 0 aliphatic carbocycles. The Morgan fingerprint density at radius 3 is 2.95 bits per heavy atom. The van der Waals surface area contributed by atoms with E-state index in [4.69, 9.17) is 0 Å². The number of anilines is 1. The van der Waals surface area contributed by atoms with Crippen molar-refractivity contribution in [2.45, 2.75) is 5.16 Å². The lowest BCUT2D eigenvalue weighted by atomic mass is 10.3. The molecule has 4 rings (SSSR count). The maximum absolute atomic E-state index is 4.63. The lowest BCUT2D eigenvalue weighted by Gasteiger charge is -2.24. The Bertz CT molecular complexity index is 840. The van der Waals surface area contributed by atoms with Crippen molar-refractivity contribution in [3.8, 4) is 0 Å². The number of para-hydroxylation sites is 2. The van der Waals surface area contributed by atoms with Crippen LogP contribution in [0.2, 0.25) is 0 Å². The van der Waals surface area contributed by atoms with Gasteiger partial charge in [-0.1, -0.05) is 24.3 Å². The van der Waals surface area contributed by atoms with Crippen molar-refractivity contribution in [1.29, 1.82) is 0 Å². The van der Waals surface area contributed by atoms with E-state index in [0.29, 0.717) is 0 Å². The number of H-pyrrole nitrogens is 1. The number of benzene rings is 1. The number of hydrogen-bond donors (Lipinski definition) is 1. The molecule has 0 saturated heterocycles. The third-order valence-corrected chi connectivity index (χ3v) is 4.43. The second-order valence-corrected chi connectivity index (χ2v) is 6.06. The van der Waals surface area contributed by atoms with Gasteiger partial charge in [0.1, 0.15) is 0 Å². The molecule has 1 aliphatic rings. The second-order valence-electron chi connectivity index (χ2n) is 5.05. The van der Waals surface area contributed by atoms with Crippen LogP contribution in [0.15, 0.2) is 64.9 Å². The van der Waals surface area contributed by atoms with Gasteiger partial charge in [-0.2, -0.15) is 5.10 Å². The van der Waals surface area contributed by atoms with E-state index in [1.54, 1.807) is 11.8 Å². The van der Waals surface area contributed by atoms with Crippen LogP contribution in [0.3, 0.4) is 0 Å². The molecule has 0 unspecified atom stereocenters. The minimum atomic E-state index is 0.816. The first-order valence-corrected chi connectivity index (χ1v) is 7.88. The molecule has 5 nitrogen and oxygen atoms in total. The molecule has 3 aromatic rings. The van der Waals surface area contributed by atoms with Crippen LogP contribution in [0.25, 0.3) is 11.0 Å². The van der Waals surface area contributed by atoms with Crippen LogP contribution in [-0.4, -0.2) is 26.3 Å². The summed E-state index contributed by atoms with van der Waals surface area (Å²) in [5, 5.41) is 6.50. The zero-order valence-corrected chi connectivity index (χ0v) is 12.9. The molecule has 1 N–H and O–H groups in total. The normalized spacial score (nSPS) is 14.6. The third kappa shape index (κ3) is 2.42. The van der Waals surface area contributed by atoms with E-state index in [0.717, 1.165) is 33.6 Å². The monoisotopic (exact) mass is 309 g/mol. The summed E-state index contributed by atoms with van der Waals surface area (Å²) in [6.45, 7) is 0.816. The molecule has 3 heterocycles. The maximum atomic E-state index is 4.63. The number of nitrogens with one attached hydrogen (secondary N) is 1. The smallest absolute Gasteiger partial charge is 0.172 e. The van der Waals surface area contributed by atoms with E-state index >= 15 is 0 Å². The number of aromatic amines is 1. The highest BCUT2D eigenvalue weighted by Crippen LogP contribution is 2.32. The molecule has 0 fully saturated rings. The summed E-state index contributed by atoms with van der Waals surface area (Å²) >= 11 is 1.62. The molecular formula is C16H15N5S. The van der Waals surface area contributed by atoms with E-state index < -0.39 is 0 Å². The largest absolute Gasteiger partial charge is 0.333 e. The van der Waals surface area contributed by atoms with E-state index in [-0.39, 0.29) is 0 Å². The maximum Gasteiger partial charge on any atom is 0.172 e. The molecule has 0 spiro atoms. The van der Waals surface area contributed by atoms with Gasteiger partial charge in [0.05, 0.1) is 16.1 Å². The molecule has 1 aromatic carbocycles. The Morgan fingerprint density at radius 1 is 1.23 bits per heavy atom. The Morgan fingerprint density at radius 2 is 2.14 bits per heavy atom. The van der Waals surface area contributed by atoms with Crippen molar-refractivity contribution in [3.63, 3.8) is 0 Å². The summed E-state index contributed by atoms with van der Waals surface area (Å²) in [5.41, 5.74) is 2.04. The molecular weight excluding hydrogens is 294 g/mol. The number of hydrogen-bond acceptors (Lipinski definition) is 4. The quantitative estimate of drug-likeness (QED) is 0.806. The number of aromatic nitrogens is 4. The van der Waals surface area contributed by atoms with Crippen molar-refractivity contribution >= 4 is 28.6 Å². The zero-order chi connectivity index (χ0) is 14.9. The van der Waals surface area contributed by atoms with Gasteiger partial charge in [-0.25, -0.2) is 4.98 Å². The Hall–Kier alpha value is -2.47. The van der Waals surface area contributed by atoms with Crippen LogP contribution in [0.4, 0.5) is 5.82 Å². The van der Waals surface area contributed by atoms with Gasteiger partial charge in [-0.05, 0) is 30.0 Å². The van der Waals surface area contributed by atoms with Crippen LogP contribution in [0, 0.1) is 0 Å². The van der Waals surface area contributed by atoms with E-state index in [2.05, 4.69) is 38.2 Å². The molecule has 0 bridgehead atoms. The predicted octanol–water partition coefficient (Wildman–Crippen LogP) is 3.31. The number of thioether (sulfide) groups is 1. The SMILES string of the molecule is Cn1ccc(N2CC=CC=C2Sc2nc3ccccc3[nH]2)n1.